The lowest BCUT2D eigenvalue weighted by Gasteiger charge is -2.26. The van der Waals surface area contributed by atoms with Crippen LogP contribution >= 0.6 is 0 Å². The van der Waals surface area contributed by atoms with E-state index in [1.54, 1.807) is 0 Å². The first-order valence-electron chi connectivity index (χ1n) is 7.93. The van der Waals surface area contributed by atoms with Crippen LogP contribution in [0.15, 0.2) is 12.7 Å². The monoisotopic (exact) mass is 332 g/mol. The highest BCUT2D eigenvalue weighted by molar-refractivity contribution is 5.86. The van der Waals surface area contributed by atoms with Crippen molar-refractivity contribution in [2.75, 3.05) is 52.7 Å². The average molecular weight is 332 g/mol. The predicted molar refractivity (Wildman–Crippen MR) is 89.1 cm³/mol. The Labute approximate surface area is 139 Å². The zero-order chi connectivity index (χ0) is 17.6. The van der Waals surface area contributed by atoms with Crippen molar-refractivity contribution < 1.29 is 24.1 Å². The van der Waals surface area contributed by atoms with E-state index in [1.165, 1.54) is 6.08 Å². The molecule has 0 aliphatic carbocycles. The average Bonchev–Trinajstić information content (AvgIpc) is 2.50. The molecule has 1 amide bonds. The summed E-state index contributed by atoms with van der Waals surface area (Å²) >= 11 is 0. The molecule has 0 fully saturated rings. The molecule has 136 valence electrons. The summed E-state index contributed by atoms with van der Waals surface area (Å²) < 4.78 is 16.0. The maximum absolute atomic E-state index is 10.8. The molecular weight excluding hydrogens is 300 g/mol. The molecule has 7 heteroatoms. The third kappa shape index (κ3) is 14.3. The SMILES string of the molecule is C=CC(=O)NCCOCCOCCOCCNC(O)C(C)(C)C. The maximum Gasteiger partial charge on any atom is 0.243 e. The molecule has 0 aromatic heterocycles. The molecule has 1 atom stereocenters. The van der Waals surface area contributed by atoms with Crippen LogP contribution in [0.5, 0.6) is 0 Å². The molecule has 0 aliphatic rings. The summed E-state index contributed by atoms with van der Waals surface area (Å²) in [7, 11) is 0. The Bertz CT molecular complexity index is 318. The van der Waals surface area contributed by atoms with Crippen molar-refractivity contribution in [3.05, 3.63) is 12.7 Å². The molecule has 1 unspecified atom stereocenters. The molecule has 0 heterocycles. The van der Waals surface area contributed by atoms with E-state index < -0.39 is 6.23 Å². The number of aliphatic hydroxyl groups is 1. The van der Waals surface area contributed by atoms with Crippen LogP contribution in [-0.2, 0) is 19.0 Å². The van der Waals surface area contributed by atoms with Crippen molar-refractivity contribution in [3.8, 4) is 0 Å². The first kappa shape index (κ1) is 22.0. The maximum atomic E-state index is 10.8. The zero-order valence-electron chi connectivity index (χ0n) is 14.6. The highest BCUT2D eigenvalue weighted by atomic mass is 16.5. The predicted octanol–water partition coefficient (Wildman–Crippen LogP) is 0.293. The van der Waals surface area contributed by atoms with Crippen LogP contribution < -0.4 is 10.6 Å². The molecule has 0 aliphatic heterocycles. The Hall–Kier alpha value is -0.990. The third-order valence-corrected chi connectivity index (χ3v) is 2.88. The van der Waals surface area contributed by atoms with E-state index in [0.717, 1.165) is 0 Å². The van der Waals surface area contributed by atoms with Gasteiger partial charge in [0.15, 0.2) is 0 Å². The second-order valence-electron chi connectivity index (χ2n) is 6.05. The van der Waals surface area contributed by atoms with Crippen molar-refractivity contribution in [2.45, 2.75) is 27.0 Å². The number of hydrogen-bond acceptors (Lipinski definition) is 6. The normalized spacial score (nSPS) is 12.9. The fraction of sp³-hybridized carbons (Fsp3) is 0.812. The minimum atomic E-state index is -0.546. The Kier molecular flexibility index (Phi) is 12.9. The van der Waals surface area contributed by atoms with Gasteiger partial charge in [0.25, 0.3) is 0 Å². The summed E-state index contributed by atoms with van der Waals surface area (Å²) in [6, 6.07) is 0. The van der Waals surface area contributed by atoms with Crippen molar-refractivity contribution in [1.82, 2.24) is 10.6 Å². The summed E-state index contributed by atoms with van der Waals surface area (Å²) in [6.07, 6.45) is 0.679. The topological polar surface area (TPSA) is 89.1 Å². The summed E-state index contributed by atoms with van der Waals surface area (Å²) in [5.74, 6) is -0.202. The smallest absolute Gasteiger partial charge is 0.243 e. The summed E-state index contributed by atoms with van der Waals surface area (Å²) in [6.45, 7) is 13.2. The molecule has 0 saturated heterocycles. The van der Waals surface area contributed by atoms with E-state index in [1.807, 2.05) is 20.8 Å². The van der Waals surface area contributed by atoms with E-state index in [-0.39, 0.29) is 11.3 Å². The first-order valence-corrected chi connectivity index (χ1v) is 7.93. The Balaban J connectivity index is 3.19. The largest absolute Gasteiger partial charge is 0.378 e. The van der Waals surface area contributed by atoms with E-state index in [9.17, 15) is 9.90 Å². The second kappa shape index (κ2) is 13.4. The Morgan fingerprint density at radius 3 is 2.00 bits per heavy atom. The molecule has 0 rings (SSSR count). The molecular formula is C16H32N2O5. The van der Waals surface area contributed by atoms with E-state index in [0.29, 0.717) is 52.7 Å². The van der Waals surface area contributed by atoms with Crippen molar-refractivity contribution >= 4 is 5.91 Å². The third-order valence-electron chi connectivity index (χ3n) is 2.88. The zero-order valence-corrected chi connectivity index (χ0v) is 14.6. The lowest BCUT2D eigenvalue weighted by atomic mass is 9.94. The van der Waals surface area contributed by atoms with Crippen LogP contribution in [0.4, 0.5) is 0 Å². The fourth-order valence-corrected chi connectivity index (χ4v) is 1.43. The number of ether oxygens (including phenoxy) is 3. The van der Waals surface area contributed by atoms with Gasteiger partial charge in [-0.15, -0.1) is 0 Å². The molecule has 3 N–H and O–H groups in total. The van der Waals surface area contributed by atoms with E-state index >= 15 is 0 Å². The van der Waals surface area contributed by atoms with Crippen molar-refractivity contribution in [3.63, 3.8) is 0 Å². The molecule has 7 nitrogen and oxygen atoms in total. The van der Waals surface area contributed by atoms with Crippen LogP contribution in [0.3, 0.4) is 0 Å². The van der Waals surface area contributed by atoms with Crippen molar-refractivity contribution in [1.29, 1.82) is 0 Å². The number of aliphatic hydroxyl groups excluding tert-OH is 1. The minimum Gasteiger partial charge on any atom is -0.378 e. The Morgan fingerprint density at radius 1 is 1.04 bits per heavy atom. The highest BCUT2D eigenvalue weighted by Gasteiger charge is 2.20. The van der Waals surface area contributed by atoms with Crippen LogP contribution in [0.25, 0.3) is 0 Å². The van der Waals surface area contributed by atoms with Crippen LogP contribution in [0.1, 0.15) is 20.8 Å². The van der Waals surface area contributed by atoms with Gasteiger partial charge in [-0.25, -0.2) is 0 Å². The standard InChI is InChI=1S/C16H32N2O5/c1-5-14(19)17-6-8-21-10-12-23-13-11-22-9-7-18-15(20)16(2,3)4/h5,15,18,20H,1,6-13H2,2-4H3,(H,17,19). The van der Waals surface area contributed by atoms with Crippen molar-refractivity contribution in [2.24, 2.45) is 5.41 Å². The van der Waals surface area contributed by atoms with Gasteiger partial charge in [-0.2, -0.15) is 0 Å². The lowest BCUT2D eigenvalue weighted by molar-refractivity contribution is -0.116. The fourth-order valence-electron chi connectivity index (χ4n) is 1.43. The number of nitrogens with one attached hydrogen (secondary N) is 2. The molecule has 0 aromatic rings. The van der Waals surface area contributed by atoms with E-state index in [2.05, 4.69) is 17.2 Å². The molecule has 0 saturated carbocycles. The molecule has 0 bridgehead atoms. The highest BCUT2D eigenvalue weighted by Crippen LogP contribution is 2.16. The van der Waals surface area contributed by atoms with Gasteiger partial charge in [-0.05, 0) is 6.08 Å². The summed E-state index contributed by atoms with van der Waals surface area (Å²) in [4.78, 5) is 10.8. The van der Waals surface area contributed by atoms with Crippen LogP contribution in [0, 0.1) is 5.41 Å². The lowest BCUT2D eigenvalue weighted by Crippen LogP contribution is -2.41. The van der Waals surface area contributed by atoms with Crippen LogP contribution in [-0.4, -0.2) is 70.0 Å². The van der Waals surface area contributed by atoms with Gasteiger partial charge in [-0.3, -0.25) is 10.1 Å². The van der Waals surface area contributed by atoms with E-state index in [4.69, 9.17) is 14.2 Å². The number of rotatable bonds is 14. The number of hydrogen-bond donors (Lipinski definition) is 3. The van der Waals surface area contributed by atoms with Gasteiger partial charge in [-0.1, -0.05) is 27.4 Å². The molecule has 23 heavy (non-hydrogen) atoms. The minimum absolute atomic E-state index is 0.183. The van der Waals surface area contributed by atoms with Gasteiger partial charge in [0.1, 0.15) is 6.23 Å². The first-order chi connectivity index (χ1) is 10.9. The molecule has 0 spiro atoms. The number of amides is 1. The van der Waals surface area contributed by atoms with Gasteiger partial charge in [0, 0.05) is 18.5 Å². The van der Waals surface area contributed by atoms with Gasteiger partial charge < -0.3 is 24.6 Å². The second-order valence-corrected chi connectivity index (χ2v) is 6.05. The molecule has 0 aromatic carbocycles. The quantitative estimate of drug-likeness (QED) is 0.241. The van der Waals surface area contributed by atoms with Gasteiger partial charge >= 0.3 is 0 Å². The summed E-state index contributed by atoms with van der Waals surface area (Å²) in [5, 5.41) is 15.4. The van der Waals surface area contributed by atoms with Crippen LogP contribution in [0.2, 0.25) is 0 Å². The van der Waals surface area contributed by atoms with Gasteiger partial charge in [0.05, 0.1) is 39.6 Å². The Morgan fingerprint density at radius 2 is 1.52 bits per heavy atom. The number of carbonyl (C=O) groups is 1. The molecule has 0 radical (unpaired) electrons. The summed E-state index contributed by atoms with van der Waals surface area (Å²) in [5.41, 5.74) is -0.183. The van der Waals surface area contributed by atoms with Gasteiger partial charge in [0.2, 0.25) is 5.91 Å². The number of carbonyl (C=O) groups excluding carboxylic acids is 1.